The standard InChI is InChI=1S/C22H31N3OS/c1-24(2)22(26)19-12-18(27-20-5-3-4-6-23-20)13-25(19)21-16-8-14-7-15(10-16)11-17(21)9-14/h3-6,14-19,21H,7-13H2,1-2H3/t14?,15?,16?,17?,18-,19+,21?/m1/s1. The zero-order valence-corrected chi connectivity index (χ0v) is 17.3. The molecule has 1 aromatic heterocycles. The van der Waals surface area contributed by atoms with Gasteiger partial charge in [0.15, 0.2) is 0 Å². The smallest absolute Gasteiger partial charge is 0.239 e. The molecule has 1 amide bonds. The van der Waals surface area contributed by atoms with Crippen LogP contribution in [-0.2, 0) is 4.79 Å². The molecule has 6 rings (SSSR count). The second-order valence-corrected chi connectivity index (χ2v) is 10.8. The molecule has 4 aliphatic carbocycles. The van der Waals surface area contributed by atoms with E-state index < -0.39 is 0 Å². The van der Waals surface area contributed by atoms with Crippen LogP contribution in [0, 0.1) is 23.7 Å². The Morgan fingerprint density at radius 2 is 1.78 bits per heavy atom. The predicted molar refractivity (Wildman–Crippen MR) is 109 cm³/mol. The fourth-order valence-corrected chi connectivity index (χ4v) is 7.95. The Balaban J connectivity index is 1.38. The van der Waals surface area contributed by atoms with E-state index in [0.717, 1.165) is 41.7 Å². The van der Waals surface area contributed by atoms with Gasteiger partial charge in [0.1, 0.15) is 0 Å². The molecule has 0 N–H and O–H groups in total. The molecule has 2 atom stereocenters. The lowest BCUT2D eigenvalue weighted by atomic mass is 9.54. The summed E-state index contributed by atoms with van der Waals surface area (Å²) in [7, 11) is 3.83. The van der Waals surface area contributed by atoms with Gasteiger partial charge in [0.25, 0.3) is 0 Å². The number of rotatable bonds is 4. The number of carbonyl (C=O) groups is 1. The van der Waals surface area contributed by atoms with Gasteiger partial charge in [0.05, 0.1) is 11.1 Å². The van der Waals surface area contributed by atoms with Gasteiger partial charge in [-0.3, -0.25) is 9.69 Å². The topological polar surface area (TPSA) is 36.4 Å². The quantitative estimate of drug-likeness (QED) is 0.794. The fraction of sp³-hybridized carbons (Fsp3) is 0.727. The largest absolute Gasteiger partial charge is 0.347 e. The van der Waals surface area contributed by atoms with E-state index in [4.69, 9.17) is 0 Å². The number of carbonyl (C=O) groups excluding carboxylic acids is 1. The minimum absolute atomic E-state index is 0.0590. The van der Waals surface area contributed by atoms with Crippen molar-refractivity contribution in [2.75, 3.05) is 20.6 Å². The number of hydrogen-bond acceptors (Lipinski definition) is 4. The van der Waals surface area contributed by atoms with Gasteiger partial charge in [-0.15, -0.1) is 11.8 Å². The maximum absolute atomic E-state index is 13.0. The molecule has 27 heavy (non-hydrogen) atoms. The van der Waals surface area contributed by atoms with E-state index in [9.17, 15) is 4.79 Å². The third-order valence-corrected chi connectivity index (χ3v) is 8.67. The first kappa shape index (κ1) is 18.0. The van der Waals surface area contributed by atoms with Crippen LogP contribution in [-0.4, -0.2) is 58.7 Å². The number of hydrogen-bond donors (Lipinski definition) is 0. The van der Waals surface area contributed by atoms with Crippen molar-refractivity contribution in [3.63, 3.8) is 0 Å². The Labute approximate surface area is 167 Å². The second-order valence-electron chi connectivity index (χ2n) is 9.51. The first-order valence-corrected chi connectivity index (χ1v) is 11.5. The zero-order chi connectivity index (χ0) is 18.5. The number of amides is 1. The van der Waals surface area contributed by atoms with Gasteiger partial charge in [-0.25, -0.2) is 4.98 Å². The zero-order valence-electron chi connectivity index (χ0n) is 16.5. The van der Waals surface area contributed by atoms with E-state index in [1.54, 1.807) is 0 Å². The Kier molecular flexibility index (Phi) is 4.71. The third kappa shape index (κ3) is 3.31. The molecule has 4 bridgehead atoms. The summed E-state index contributed by atoms with van der Waals surface area (Å²) in [4.78, 5) is 22.0. The molecule has 0 aromatic carbocycles. The van der Waals surface area contributed by atoms with Crippen LogP contribution >= 0.6 is 11.8 Å². The summed E-state index contributed by atoms with van der Waals surface area (Å²) in [5, 5.41) is 1.55. The van der Waals surface area contributed by atoms with Crippen molar-refractivity contribution in [3.05, 3.63) is 24.4 Å². The molecule has 5 aliphatic rings. The van der Waals surface area contributed by atoms with Crippen molar-refractivity contribution in [1.29, 1.82) is 0 Å². The van der Waals surface area contributed by atoms with Gasteiger partial charge in [-0.2, -0.15) is 0 Å². The van der Waals surface area contributed by atoms with Crippen LogP contribution in [0.15, 0.2) is 29.4 Å². The SMILES string of the molecule is CN(C)C(=O)[C@@H]1C[C@@H](Sc2ccccn2)CN1C1C2CC3CC(C2)CC1C3. The number of pyridine rings is 1. The van der Waals surface area contributed by atoms with Crippen LogP contribution in [0.2, 0.25) is 0 Å². The van der Waals surface area contributed by atoms with Gasteiger partial charge in [-0.05, 0) is 74.3 Å². The summed E-state index contributed by atoms with van der Waals surface area (Å²) >= 11 is 1.87. The normalized spacial score (nSPS) is 40.4. The van der Waals surface area contributed by atoms with Gasteiger partial charge < -0.3 is 4.90 Å². The second kappa shape index (κ2) is 7.07. The summed E-state index contributed by atoms with van der Waals surface area (Å²) in [6.07, 6.45) is 9.96. The first-order valence-electron chi connectivity index (χ1n) is 10.6. The minimum Gasteiger partial charge on any atom is -0.347 e. The van der Waals surface area contributed by atoms with Crippen molar-refractivity contribution in [3.8, 4) is 0 Å². The van der Waals surface area contributed by atoms with E-state index in [2.05, 4.69) is 22.0 Å². The molecule has 2 heterocycles. The van der Waals surface area contributed by atoms with Crippen LogP contribution in [0.5, 0.6) is 0 Å². The number of likely N-dealkylation sites (N-methyl/N-ethyl adjacent to an activating group) is 1. The molecule has 5 heteroatoms. The van der Waals surface area contributed by atoms with E-state index in [1.165, 1.54) is 32.1 Å². The third-order valence-electron chi connectivity index (χ3n) is 7.51. The van der Waals surface area contributed by atoms with Crippen LogP contribution in [0.1, 0.15) is 38.5 Å². The Morgan fingerprint density at radius 3 is 2.37 bits per heavy atom. The fourth-order valence-electron chi connectivity index (χ4n) is 6.80. The highest BCUT2D eigenvalue weighted by Crippen LogP contribution is 2.56. The number of nitrogens with zero attached hydrogens (tertiary/aromatic N) is 3. The summed E-state index contributed by atoms with van der Waals surface area (Å²) < 4.78 is 0. The molecule has 1 saturated heterocycles. The van der Waals surface area contributed by atoms with E-state index in [1.807, 2.05) is 43.0 Å². The lowest BCUT2D eigenvalue weighted by molar-refractivity contribution is -0.138. The number of thioether (sulfide) groups is 1. The lowest BCUT2D eigenvalue weighted by Crippen LogP contribution is -2.59. The Hall–Kier alpha value is -1.07. The van der Waals surface area contributed by atoms with Gasteiger partial charge in [0, 0.05) is 38.1 Å². The first-order chi connectivity index (χ1) is 13.1. The maximum Gasteiger partial charge on any atom is 0.239 e. The molecule has 146 valence electrons. The molecule has 1 aliphatic heterocycles. The summed E-state index contributed by atoms with van der Waals surface area (Å²) in [6, 6.07) is 6.82. The van der Waals surface area contributed by atoms with Crippen LogP contribution < -0.4 is 0 Å². The summed E-state index contributed by atoms with van der Waals surface area (Å²) in [5.74, 6) is 3.92. The van der Waals surface area contributed by atoms with Crippen molar-refractivity contribution in [2.24, 2.45) is 23.7 Å². The summed E-state index contributed by atoms with van der Waals surface area (Å²) in [5.41, 5.74) is 0. The van der Waals surface area contributed by atoms with Crippen LogP contribution in [0.25, 0.3) is 0 Å². The van der Waals surface area contributed by atoms with E-state index in [-0.39, 0.29) is 6.04 Å². The predicted octanol–water partition coefficient (Wildman–Crippen LogP) is 3.53. The molecule has 1 aromatic rings. The maximum atomic E-state index is 13.0. The highest BCUT2D eigenvalue weighted by molar-refractivity contribution is 7.99. The minimum atomic E-state index is 0.0590. The van der Waals surface area contributed by atoms with Crippen molar-refractivity contribution >= 4 is 17.7 Å². The molecule has 4 nitrogen and oxygen atoms in total. The monoisotopic (exact) mass is 385 g/mol. The average molecular weight is 386 g/mol. The molecular weight excluding hydrogens is 354 g/mol. The number of likely N-dealkylation sites (tertiary alicyclic amines) is 1. The highest BCUT2D eigenvalue weighted by Gasteiger charge is 2.53. The van der Waals surface area contributed by atoms with Gasteiger partial charge in [-0.1, -0.05) is 6.07 Å². The van der Waals surface area contributed by atoms with Crippen LogP contribution in [0.3, 0.4) is 0 Å². The molecule has 0 radical (unpaired) electrons. The van der Waals surface area contributed by atoms with Crippen molar-refractivity contribution < 1.29 is 4.79 Å². The molecule has 5 fully saturated rings. The Bertz CT molecular complexity index is 666. The molecule has 0 spiro atoms. The van der Waals surface area contributed by atoms with Gasteiger partial charge in [0.2, 0.25) is 5.91 Å². The highest BCUT2D eigenvalue weighted by atomic mass is 32.2. The van der Waals surface area contributed by atoms with Crippen molar-refractivity contribution in [1.82, 2.24) is 14.8 Å². The van der Waals surface area contributed by atoms with Crippen LogP contribution in [0.4, 0.5) is 0 Å². The molecule has 0 unspecified atom stereocenters. The average Bonchev–Trinajstić information content (AvgIpc) is 3.04. The van der Waals surface area contributed by atoms with E-state index >= 15 is 0 Å². The Morgan fingerprint density at radius 1 is 1.07 bits per heavy atom. The number of aromatic nitrogens is 1. The van der Waals surface area contributed by atoms with Crippen molar-refractivity contribution in [2.45, 2.75) is 60.9 Å². The molecule has 4 saturated carbocycles. The molecular formula is C22H31N3OS. The van der Waals surface area contributed by atoms with E-state index in [0.29, 0.717) is 17.2 Å². The summed E-state index contributed by atoms with van der Waals surface area (Å²) in [6.45, 7) is 1.04. The van der Waals surface area contributed by atoms with Gasteiger partial charge >= 0.3 is 0 Å². The lowest BCUT2D eigenvalue weighted by Gasteiger charge is -2.57.